The van der Waals surface area contributed by atoms with Crippen molar-refractivity contribution in [1.29, 1.82) is 5.26 Å². The lowest BCUT2D eigenvalue weighted by Crippen LogP contribution is -2.54. The third kappa shape index (κ3) is 4.99. The summed E-state index contributed by atoms with van der Waals surface area (Å²) in [5.41, 5.74) is 3.73. The maximum absolute atomic E-state index is 12.1. The topological polar surface area (TPSA) is 99.2 Å². The number of hydrogen-bond donors (Lipinski definition) is 2. The average molecular weight is 307 g/mol. The smallest absolute Gasteiger partial charge is 0.225 e. The second-order valence-corrected chi connectivity index (χ2v) is 6.68. The molecule has 3 N–H and O–H groups in total. The van der Waals surface area contributed by atoms with Crippen molar-refractivity contribution in [3.8, 4) is 6.07 Å². The minimum atomic E-state index is -0.797. The summed E-state index contributed by atoms with van der Waals surface area (Å²) in [4.78, 5) is 25.6. The molecule has 1 saturated heterocycles. The van der Waals surface area contributed by atoms with Crippen LogP contribution in [0.4, 0.5) is 0 Å². The monoisotopic (exact) mass is 307 g/mol. The largest absolute Gasteiger partial charge is 0.369 e. The zero-order chi connectivity index (χ0) is 16.8. The Kier molecular flexibility index (Phi) is 6.36. The minimum Gasteiger partial charge on any atom is -0.369 e. The van der Waals surface area contributed by atoms with Crippen molar-refractivity contribution in [2.24, 2.45) is 11.1 Å². The molecule has 6 heteroatoms. The standard InChI is InChI=1S/C16H27N4O2/c1-4-9-20-10-7-16(12-17,8-11-20)19-13(21)5-6-15(2,3)14(18)22/h5H,4,6-11H2,1-3H3,(H2,18,22)(H,19,21). The molecule has 123 valence electrons. The molecule has 1 aliphatic rings. The highest BCUT2D eigenvalue weighted by molar-refractivity contribution is 5.87. The molecule has 6 nitrogen and oxygen atoms in total. The molecule has 0 unspecified atom stereocenters. The predicted octanol–water partition coefficient (Wildman–Crippen LogP) is 0.977. The summed E-state index contributed by atoms with van der Waals surface area (Å²) in [5.74, 6) is -0.751. The van der Waals surface area contributed by atoms with Gasteiger partial charge in [0, 0.05) is 18.5 Å². The first kappa shape index (κ1) is 18.4. The summed E-state index contributed by atoms with van der Waals surface area (Å²) in [5, 5.41) is 12.3. The fourth-order valence-electron chi connectivity index (χ4n) is 2.47. The van der Waals surface area contributed by atoms with E-state index in [9.17, 15) is 14.9 Å². The summed E-state index contributed by atoms with van der Waals surface area (Å²) in [6.45, 7) is 8.17. The molecule has 0 saturated carbocycles. The van der Waals surface area contributed by atoms with E-state index in [0.717, 1.165) is 26.1 Å². The summed E-state index contributed by atoms with van der Waals surface area (Å²) in [7, 11) is 0. The molecule has 22 heavy (non-hydrogen) atoms. The second-order valence-electron chi connectivity index (χ2n) is 6.68. The first-order valence-corrected chi connectivity index (χ1v) is 7.83. The molecule has 0 aromatic carbocycles. The van der Waals surface area contributed by atoms with Gasteiger partial charge in [0.15, 0.2) is 0 Å². The number of likely N-dealkylation sites (tertiary alicyclic amines) is 1. The van der Waals surface area contributed by atoms with Crippen LogP contribution >= 0.6 is 0 Å². The van der Waals surface area contributed by atoms with Gasteiger partial charge in [0.25, 0.3) is 0 Å². The van der Waals surface area contributed by atoms with Crippen LogP contribution in [0.15, 0.2) is 0 Å². The van der Waals surface area contributed by atoms with E-state index in [-0.39, 0.29) is 12.3 Å². The molecule has 1 radical (unpaired) electrons. The highest BCUT2D eigenvalue weighted by Gasteiger charge is 2.36. The number of hydrogen-bond acceptors (Lipinski definition) is 4. The van der Waals surface area contributed by atoms with Crippen molar-refractivity contribution in [2.45, 2.75) is 52.0 Å². The number of nitrogens with zero attached hydrogens (tertiary/aromatic N) is 2. The van der Waals surface area contributed by atoms with Crippen molar-refractivity contribution in [3.63, 3.8) is 0 Å². The van der Waals surface area contributed by atoms with Crippen LogP contribution in [0, 0.1) is 23.2 Å². The Morgan fingerprint density at radius 1 is 1.41 bits per heavy atom. The summed E-state index contributed by atoms with van der Waals surface area (Å²) in [6.07, 6.45) is 4.02. The molecular formula is C16H27N4O2. The average Bonchev–Trinajstić information content (AvgIpc) is 2.47. The number of nitriles is 1. The van der Waals surface area contributed by atoms with Gasteiger partial charge in [-0.2, -0.15) is 5.26 Å². The van der Waals surface area contributed by atoms with Crippen LogP contribution in [0.5, 0.6) is 0 Å². The predicted molar refractivity (Wildman–Crippen MR) is 84.3 cm³/mol. The number of piperidine rings is 1. The molecule has 2 amide bonds. The Morgan fingerprint density at radius 2 is 2.00 bits per heavy atom. The minimum absolute atomic E-state index is 0.262. The lowest BCUT2D eigenvalue weighted by atomic mass is 9.85. The van der Waals surface area contributed by atoms with Gasteiger partial charge >= 0.3 is 0 Å². The number of carbonyl (C=O) groups excluding carboxylic acids is 2. The molecular weight excluding hydrogens is 280 g/mol. The summed E-state index contributed by atoms with van der Waals surface area (Å²) in [6, 6.07) is 2.26. The van der Waals surface area contributed by atoms with Gasteiger partial charge in [-0.25, -0.2) is 0 Å². The quantitative estimate of drug-likeness (QED) is 0.732. The van der Waals surface area contributed by atoms with E-state index in [0.29, 0.717) is 12.8 Å². The van der Waals surface area contributed by atoms with Crippen LogP contribution in [0.1, 0.15) is 46.5 Å². The van der Waals surface area contributed by atoms with Crippen molar-refractivity contribution < 1.29 is 9.59 Å². The van der Waals surface area contributed by atoms with Crippen LogP contribution in [0.2, 0.25) is 0 Å². The highest BCUT2D eigenvalue weighted by atomic mass is 16.2. The van der Waals surface area contributed by atoms with Gasteiger partial charge in [-0.05, 0) is 32.2 Å². The van der Waals surface area contributed by atoms with E-state index in [1.807, 2.05) is 0 Å². The maximum atomic E-state index is 12.1. The zero-order valence-corrected chi connectivity index (χ0v) is 13.8. The number of primary amides is 1. The van der Waals surface area contributed by atoms with Gasteiger partial charge in [0.2, 0.25) is 11.8 Å². The lowest BCUT2D eigenvalue weighted by molar-refractivity contribution is -0.126. The van der Waals surface area contributed by atoms with Crippen LogP contribution in [0.25, 0.3) is 0 Å². The van der Waals surface area contributed by atoms with Gasteiger partial charge in [-0.1, -0.05) is 20.8 Å². The van der Waals surface area contributed by atoms with E-state index in [2.05, 4.69) is 23.2 Å². The van der Waals surface area contributed by atoms with Crippen LogP contribution < -0.4 is 11.1 Å². The van der Waals surface area contributed by atoms with E-state index in [1.54, 1.807) is 13.8 Å². The normalized spacial score (nSPS) is 18.5. The fourth-order valence-corrected chi connectivity index (χ4v) is 2.47. The molecule has 1 rings (SSSR count). The van der Waals surface area contributed by atoms with Crippen LogP contribution in [-0.2, 0) is 9.59 Å². The summed E-state index contributed by atoms with van der Waals surface area (Å²) < 4.78 is 0. The zero-order valence-electron chi connectivity index (χ0n) is 13.8. The molecule has 1 aliphatic heterocycles. The van der Waals surface area contributed by atoms with Gasteiger partial charge in [-0.3, -0.25) is 9.59 Å². The molecule has 1 heterocycles. The Morgan fingerprint density at radius 3 is 2.45 bits per heavy atom. The third-order valence-corrected chi connectivity index (χ3v) is 4.29. The van der Waals surface area contributed by atoms with Gasteiger partial charge in [-0.15, -0.1) is 0 Å². The first-order valence-electron chi connectivity index (χ1n) is 7.83. The van der Waals surface area contributed by atoms with Crippen molar-refractivity contribution in [1.82, 2.24) is 10.2 Å². The van der Waals surface area contributed by atoms with E-state index in [1.165, 1.54) is 6.42 Å². The Bertz CT molecular complexity index is 446. The number of nitrogens with two attached hydrogens (primary N) is 1. The molecule has 1 fully saturated rings. The molecule has 0 bridgehead atoms. The second kappa shape index (κ2) is 7.59. The summed E-state index contributed by atoms with van der Waals surface area (Å²) >= 11 is 0. The Balaban J connectivity index is 2.52. The van der Waals surface area contributed by atoms with Crippen molar-refractivity contribution in [2.75, 3.05) is 19.6 Å². The number of amides is 2. The molecule has 0 aromatic heterocycles. The lowest BCUT2D eigenvalue weighted by Gasteiger charge is -2.37. The van der Waals surface area contributed by atoms with Gasteiger partial charge < -0.3 is 16.0 Å². The highest BCUT2D eigenvalue weighted by Crippen LogP contribution is 2.24. The van der Waals surface area contributed by atoms with Crippen molar-refractivity contribution in [3.05, 3.63) is 6.42 Å². The van der Waals surface area contributed by atoms with E-state index < -0.39 is 16.9 Å². The fraction of sp³-hybridized carbons (Fsp3) is 0.750. The first-order chi connectivity index (χ1) is 10.2. The SMILES string of the molecule is CCCN1CCC(C#N)(NC(=O)[CH]CC(C)(C)C(N)=O)CC1. The number of nitrogens with one attached hydrogen (secondary N) is 1. The van der Waals surface area contributed by atoms with Crippen LogP contribution in [0.3, 0.4) is 0 Å². The third-order valence-electron chi connectivity index (χ3n) is 4.29. The van der Waals surface area contributed by atoms with E-state index >= 15 is 0 Å². The van der Waals surface area contributed by atoms with Gasteiger partial charge in [0.05, 0.1) is 12.5 Å². The van der Waals surface area contributed by atoms with Crippen LogP contribution in [-0.4, -0.2) is 41.9 Å². The molecule has 0 atom stereocenters. The van der Waals surface area contributed by atoms with E-state index in [4.69, 9.17) is 5.73 Å². The van der Waals surface area contributed by atoms with Gasteiger partial charge in [0.1, 0.15) is 5.54 Å². The van der Waals surface area contributed by atoms with Crippen molar-refractivity contribution >= 4 is 11.8 Å². The number of rotatable bonds is 7. The molecule has 0 spiro atoms. The Hall–Kier alpha value is -1.61. The number of carbonyl (C=O) groups is 2. The molecule has 0 aliphatic carbocycles. The molecule has 0 aromatic rings. The Labute approximate surface area is 133 Å². The maximum Gasteiger partial charge on any atom is 0.225 e.